The predicted octanol–water partition coefficient (Wildman–Crippen LogP) is 0.524. The molecule has 0 atom stereocenters. The number of nitrogen functional groups attached to an aromatic ring is 1. The van der Waals surface area contributed by atoms with Crippen LogP contribution < -0.4 is 11.1 Å². The molecule has 2 aromatic rings. The highest BCUT2D eigenvalue weighted by atomic mass is 16.3. The highest BCUT2D eigenvalue weighted by molar-refractivity contribution is 5.94. The molecule has 4 N–H and O–H groups in total. The van der Waals surface area contributed by atoms with Gasteiger partial charge in [0.1, 0.15) is 5.82 Å². The summed E-state index contributed by atoms with van der Waals surface area (Å²) in [5, 5.41) is 9.72. The molecule has 0 saturated carbocycles. The van der Waals surface area contributed by atoms with Gasteiger partial charge in [-0.2, -0.15) is 0 Å². The van der Waals surface area contributed by atoms with Gasteiger partial charge in [-0.3, -0.25) is 14.6 Å². The third kappa shape index (κ3) is 5.40. The highest BCUT2D eigenvalue weighted by Crippen LogP contribution is 2.17. The lowest BCUT2D eigenvalue weighted by molar-refractivity contribution is -0.122. The van der Waals surface area contributed by atoms with Crippen molar-refractivity contribution in [3.63, 3.8) is 0 Å². The van der Waals surface area contributed by atoms with E-state index in [2.05, 4.69) is 15.3 Å². The van der Waals surface area contributed by atoms with Crippen molar-refractivity contribution in [1.82, 2.24) is 25.1 Å². The largest absolute Gasteiger partial charge is 0.483 e. The Morgan fingerprint density at radius 3 is 2.54 bits per heavy atom. The number of likely N-dealkylation sites (N-methyl/N-ethyl adjacent to an activating group) is 1. The Bertz CT molecular complexity index is 827. The molecule has 10 nitrogen and oxygen atoms in total. The summed E-state index contributed by atoms with van der Waals surface area (Å²) < 4.78 is 0. The molecule has 0 unspecified atom stereocenters. The number of carbonyl (C=O) groups is 3. The minimum Gasteiger partial charge on any atom is -0.483 e. The second-order valence-electron chi connectivity index (χ2n) is 5.96. The lowest BCUT2D eigenvalue weighted by Gasteiger charge is -2.16. The zero-order chi connectivity index (χ0) is 20.5. The Morgan fingerprint density at radius 2 is 1.96 bits per heavy atom. The second-order valence-corrected chi connectivity index (χ2v) is 5.96. The number of benzene rings is 1. The SMILES string of the molecule is CN1CCN(CCNC(=O)c2ccc(-c3cncc(N)n3)cc2)C1=O.O=CO. The molecule has 3 rings (SSSR count). The number of rotatable bonds is 5. The van der Waals surface area contributed by atoms with Crippen LogP contribution in [0.5, 0.6) is 0 Å². The molecular weight excluding hydrogens is 364 g/mol. The van der Waals surface area contributed by atoms with Crippen molar-refractivity contribution in [1.29, 1.82) is 0 Å². The Hall–Kier alpha value is -3.69. The number of amides is 3. The van der Waals surface area contributed by atoms with Crippen molar-refractivity contribution in [2.24, 2.45) is 0 Å². The van der Waals surface area contributed by atoms with Crippen molar-refractivity contribution < 1.29 is 19.5 Å². The van der Waals surface area contributed by atoms with E-state index < -0.39 is 0 Å². The lowest BCUT2D eigenvalue weighted by atomic mass is 10.1. The fourth-order valence-corrected chi connectivity index (χ4v) is 2.63. The quantitative estimate of drug-likeness (QED) is 0.636. The van der Waals surface area contributed by atoms with Crippen LogP contribution in [-0.2, 0) is 4.79 Å². The standard InChI is InChI=1S/C17H20N6O2.CH2O2/c1-22-8-9-23(17(22)25)7-6-20-16(24)13-4-2-12(3-5-13)14-10-19-11-15(18)21-14;2-1-3/h2-5,10-11H,6-9H2,1H3,(H2,18,21)(H,20,24);1H,(H,2,3). The normalized spacial score (nSPS) is 13.0. The van der Waals surface area contributed by atoms with Gasteiger partial charge in [-0.15, -0.1) is 0 Å². The number of carbonyl (C=O) groups excluding carboxylic acids is 2. The van der Waals surface area contributed by atoms with Crippen molar-refractivity contribution in [2.45, 2.75) is 0 Å². The number of aromatic nitrogens is 2. The zero-order valence-corrected chi connectivity index (χ0v) is 15.4. The first kappa shape index (κ1) is 20.6. The van der Waals surface area contributed by atoms with E-state index in [1.807, 2.05) is 0 Å². The van der Waals surface area contributed by atoms with Gasteiger partial charge in [0.2, 0.25) is 0 Å². The number of nitrogens with one attached hydrogen (secondary N) is 1. The van der Waals surface area contributed by atoms with Gasteiger partial charge >= 0.3 is 6.03 Å². The predicted molar refractivity (Wildman–Crippen MR) is 103 cm³/mol. The molecule has 1 aliphatic heterocycles. The van der Waals surface area contributed by atoms with Crippen LogP contribution in [0.3, 0.4) is 0 Å². The fourth-order valence-electron chi connectivity index (χ4n) is 2.63. The number of urea groups is 1. The van der Waals surface area contributed by atoms with Gasteiger partial charge in [-0.1, -0.05) is 12.1 Å². The molecule has 1 saturated heterocycles. The highest BCUT2D eigenvalue weighted by Gasteiger charge is 2.24. The van der Waals surface area contributed by atoms with Gasteiger partial charge in [0.25, 0.3) is 12.4 Å². The van der Waals surface area contributed by atoms with Gasteiger partial charge in [-0.05, 0) is 12.1 Å². The maximum atomic E-state index is 12.2. The Balaban J connectivity index is 0.000000878. The summed E-state index contributed by atoms with van der Waals surface area (Å²) in [7, 11) is 1.77. The molecular formula is C18H22N6O4. The number of nitrogens with two attached hydrogens (primary N) is 1. The van der Waals surface area contributed by atoms with Crippen molar-refractivity contribution >= 4 is 24.2 Å². The summed E-state index contributed by atoms with van der Waals surface area (Å²) in [5.74, 6) is 0.173. The zero-order valence-electron chi connectivity index (χ0n) is 15.4. The summed E-state index contributed by atoms with van der Waals surface area (Å²) in [6.07, 6.45) is 3.10. The summed E-state index contributed by atoms with van der Waals surface area (Å²) >= 11 is 0. The molecule has 28 heavy (non-hydrogen) atoms. The third-order valence-corrected chi connectivity index (χ3v) is 4.07. The molecule has 1 aromatic heterocycles. The monoisotopic (exact) mass is 386 g/mol. The average Bonchev–Trinajstić information content (AvgIpc) is 3.01. The van der Waals surface area contributed by atoms with Crippen LogP contribution in [0, 0.1) is 0 Å². The van der Waals surface area contributed by atoms with Crippen LogP contribution in [0.2, 0.25) is 0 Å². The number of anilines is 1. The molecule has 2 heterocycles. The Kier molecular flexibility index (Phi) is 7.26. The molecule has 3 amide bonds. The molecule has 0 aliphatic carbocycles. The van der Waals surface area contributed by atoms with E-state index in [0.29, 0.717) is 36.7 Å². The van der Waals surface area contributed by atoms with E-state index in [1.165, 1.54) is 6.20 Å². The van der Waals surface area contributed by atoms with Crippen molar-refractivity contribution in [2.75, 3.05) is 39.0 Å². The lowest BCUT2D eigenvalue weighted by Crippen LogP contribution is -2.37. The Morgan fingerprint density at radius 1 is 1.29 bits per heavy atom. The van der Waals surface area contributed by atoms with Crippen LogP contribution in [-0.4, -0.2) is 76.5 Å². The van der Waals surface area contributed by atoms with Gasteiger partial charge in [0.05, 0.1) is 18.1 Å². The molecule has 1 aliphatic rings. The second kappa shape index (κ2) is 9.86. The minimum atomic E-state index is -0.250. The number of hydrogen-bond donors (Lipinski definition) is 3. The first-order chi connectivity index (χ1) is 13.5. The van der Waals surface area contributed by atoms with E-state index in [9.17, 15) is 9.59 Å². The number of hydrogen-bond acceptors (Lipinski definition) is 6. The summed E-state index contributed by atoms with van der Waals surface area (Å²) in [4.78, 5) is 43.9. The summed E-state index contributed by atoms with van der Waals surface area (Å²) in [6.45, 7) is 2.09. The summed E-state index contributed by atoms with van der Waals surface area (Å²) in [5.41, 5.74) is 7.67. The Labute approximate surface area is 162 Å². The first-order valence-corrected chi connectivity index (χ1v) is 8.50. The number of carboxylic acid groups (broad SMARTS) is 1. The van der Waals surface area contributed by atoms with Gasteiger partial charge in [0, 0.05) is 44.4 Å². The van der Waals surface area contributed by atoms with E-state index in [1.54, 1.807) is 47.3 Å². The molecule has 0 radical (unpaired) electrons. The third-order valence-electron chi connectivity index (χ3n) is 4.07. The van der Waals surface area contributed by atoms with E-state index in [4.69, 9.17) is 15.6 Å². The van der Waals surface area contributed by atoms with Crippen LogP contribution in [0.15, 0.2) is 36.7 Å². The van der Waals surface area contributed by atoms with Crippen LogP contribution >= 0.6 is 0 Å². The topological polar surface area (TPSA) is 142 Å². The molecule has 0 spiro atoms. The molecule has 10 heteroatoms. The molecule has 1 aromatic carbocycles. The minimum absolute atomic E-state index is 0.00171. The maximum Gasteiger partial charge on any atom is 0.319 e. The van der Waals surface area contributed by atoms with E-state index in [-0.39, 0.29) is 18.4 Å². The average molecular weight is 386 g/mol. The van der Waals surface area contributed by atoms with Gasteiger partial charge < -0.3 is 26.0 Å². The van der Waals surface area contributed by atoms with Gasteiger partial charge in [-0.25, -0.2) is 9.78 Å². The van der Waals surface area contributed by atoms with Crippen molar-refractivity contribution in [3.8, 4) is 11.3 Å². The smallest absolute Gasteiger partial charge is 0.319 e. The molecule has 1 fully saturated rings. The number of nitrogens with zero attached hydrogens (tertiary/aromatic N) is 4. The molecule has 148 valence electrons. The first-order valence-electron chi connectivity index (χ1n) is 8.50. The van der Waals surface area contributed by atoms with Crippen molar-refractivity contribution in [3.05, 3.63) is 42.2 Å². The van der Waals surface area contributed by atoms with Crippen LogP contribution in [0.4, 0.5) is 10.6 Å². The maximum absolute atomic E-state index is 12.2. The summed E-state index contributed by atoms with van der Waals surface area (Å²) in [6, 6.07) is 7.06. The van der Waals surface area contributed by atoms with E-state index >= 15 is 0 Å². The molecule has 0 bridgehead atoms. The van der Waals surface area contributed by atoms with Crippen LogP contribution in [0.1, 0.15) is 10.4 Å². The van der Waals surface area contributed by atoms with Crippen LogP contribution in [0.25, 0.3) is 11.3 Å². The van der Waals surface area contributed by atoms with Gasteiger partial charge in [0.15, 0.2) is 0 Å². The van der Waals surface area contributed by atoms with E-state index in [0.717, 1.165) is 12.1 Å². The fraction of sp³-hybridized carbons (Fsp3) is 0.278.